The molecule has 5 aliphatic rings. The average Bonchev–Trinajstić information content (AvgIpc) is 2.60. The molecule has 1 aliphatic heterocycles. The van der Waals surface area contributed by atoms with Gasteiger partial charge in [0, 0.05) is 30.0 Å². The third-order valence-electron chi connectivity index (χ3n) is 7.18. The zero-order valence-electron chi connectivity index (χ0n) is 14.6. The second-order valence-corrected chi connectivity index (χ2v) is 8.90. The third kappa shape index (κ3) is 2.49. The molecule has 0 radical (unpaired) electrons. The number of hydrogen-bond acceptors (Lipinski definition) is 2. The van der Waals surface area contributed by atoms with Gasteiger partial charge < -0.3 is 10.6 Å². The molecule has 1 unspecified atom stereocenters. The minimum absolute atomic E-state index is 0.000685. The number of rotatable bonds is 3. The van der Waals surface area contributed by atoms with Crippen molar-refractivity contribution in [2.24, 2.45) is 23.2 Å². The van der Waals surface area contributed by atoms with Crippen LogP contribution in [0.4, 0.5) is 0 Å². The summed E-state index contributed by atoms with van der Waals surface area (Å²) in [6, 6.07) is 7.77. The Balaban J connectivity index is 1.30. The van der Waals surface area contributed by atoms with Gasteiger partial charge in [0.1, 0.15) is 0 Å². The van der Waals surface area contributed by atoms with E-state index in [0.717, 1.165) is 48.1 Å². The van der Waals surface area contributed by atoms with E-state index >= 15 is 0 Å². The van der Waals surface area contributed by atoms with Crippen LogP contribution in [0.15, 0.2) is 24.3 Å². The molecule has 1 aromatic rings. The maximum atomic E-state index is 13.1. The van der Waals surface area contributed by atoms with E-state index in [9.17, 15) is 9.59 Å². The minimum atomic E-state index is -0.0911. The SMILES string of the molecule is O=C1NCC(CNC(=O)C23CC4CC(CC(C4)C2)C3)c2ccccc21. The quantitative estimate of drug-likeness (QED) is 0.890. The highest BCUT2D eigenvalue weighted by Crippen LogP contribution is 2.60. The van der Waals surface area contributed by atoms with Crippen LogP contribution in [-0.2, 0) is 4.79 Å². The summed E-state index contributed by atoms with van der Waals surface area (Å²) in [6.07, 6.45) is 7.37. The van der Waals surface area contributed by atoms with Gasteiger partial charge in [0.15, 0.2) is 0 Å². The van der Waals surface area contributed by atoms with Crippen LogP contribution in [0.1, 0.15) is 60.4 Å². The Bertz CT molecular complexity index is 691. The number of benzene rings is 1. The lowest BCUT2D eigenvalue weighted by Gasteiger charge is -2.55. The van der Waals surface area contributed by atoms with Gasteiger partial charge in [-0.15, -0.1) is 0 Å². The fraction of sp³-hybridized carbons (Fsp3) is 0.619. The second kappa shape index (κ2) is 5.58. The van der Waals surface area contributed by atoms with Gasteiger partial charge in [-0.05, 0) is 67.9 Å². The highest BCUT2D eigenvalue weighted by atomic mass is 16.2. The molecule has 0 spiro atoms. The number of amides is 2. The summed E-state index contributed by atoms with van der Waals surface area (Å²) in [5.74, 6) is 2.80. The molecule has 2 amide bonds. The van der Waals surface area contributed by atoms with Crippen molar-refractivity contribution in [2.75, 3.05) is 13.1 Å². The molecular formula is C21H26N2O2. The Morgan fingerprint density at radius 1 is 1.08 bits per heavy atom. The van der Waals surface area contributed by atoms with Gasteiger partial charge >= 0.3 is 0 Å². The lowest BCUT2D eigenvalue weighted by molar-refractivity contribution is -0.146. The van der Waals surface area contributed by atoms with Crippen molar-refractivity contribution < 1.29 is 9.59 Å². The van der Waals surface area contributed by atoms with Crippen molar-refractivity contribution in [1.29, 1.82) is 0 Å². The molecule has 1 atom stereocenters. The van der Waals surface area contributed by atoms with E-state index in [-0.39, 0.29) is 23.1 Å². The molecule has 2 N–H and O–H groups in total. The smallest absolute Gasteiger partial charge is 0.251 e. The predicted molar refractivity (Wildman–Crippen MR) is 95.1 cm³/mol. The fourth-order valence-electron chi connectivity index (χ4n) is 6.46. The van der Waals surface area contributed by atoms with Crippen molar-refractivity contribution in [3.8, 4) is 0 Å². The second-order valence-electron chi connectivity index (χ2n) is 8.90. The molecule has 4 bridgehead atoms. The standard InChI is InChI=1S/C21H26N2O2/c24-19-18-4-2-1-3-17(18)16(11-22-19)12-23-20(25)21-8-13-5-14(9-21)7-15(6-13)10-21/h1-4,13-16H,5-12H2,(H,22,24)(H,23,25). The van der Waals surface area contributed by atoms with Crippen LogP contribution in [0.25, 0.3) is 0 Å². The molecule has 4 aliphatic carbocycles. The van der Waals surface area contributed by atoms with Crippen LogP contribution in [0.5, 0.6) is 0 Å². The first-order chi connectivity index (χ1) is 12.1. The molecule has 4 saturated carbocycles. The Morgan fingerprint density at radius 2 is 1.72 bits per heavy atom. The van der Waals surface area contributed by atoms with Crippen molar-refractivity contribution in [1.82, 2.24) is 10.6 Å². The lowest BCUT2D eigenvalue weighted by Crippen LogP contribution is -2.54. The van der Waals surface area contributed by atoms with Crippen LogP contribution in [0.2, 0.25) is 0 Å². The summed E-state index contributed by atoms with van der Waals surface area (Å²) >= 11 is 0. The molecule has 4 heteroatoms. The zero-order valence-corrected chi connectivity index (χ0v) is 14.6. The van der Waals surface area contributed by atoms with Crippen LogP contribution < -0.4 is 10.6 Å². The summed E-state index contributed by atoms with van der Waals surface area (Å²) < 4.78 is 0. The Hall–Kier alpha value is -1.84. The molecule has 25 heavy (non-hydrogen) atoms. The van der Waals surface area contributed by atoms with Gasteiger partial charge in [0.2, 0.25) is 5.91 Å². The van der Waals surface area contributed by atoms with Crippen molar-refractivity contribution >= 4 is 11.8 Å². The van der Waals surface area contributed by atoms with Gasteiger partial charge in [-0.3, -0.25) is 9.59 Å². The normalized spacial score (nSPS) is 38.2. The predicted octanol–water partition coefficient (Wildman–Crippen LogP) is 2.85. The van der Waals surface area contributed by atoms with Gasteiger partial charge in [-0.25, -0.2) is 0 Å². The first-order valence-electron chi connectivity index (χ1n) is 9.78. The molecule has 1 aromatic carbocycles. The largest absolute Gasteiger partial charge is 0.355 e. The Labute approximate surface area is 148 Å². The van der Waals surface area contributed by atoms with Gasteiger partial charge in [-0.1, -0.05) is 18.2 Å². The highest BCUT2D eigenvalue weighted by Gasteiger charge is 2.54. The summed E-state index contributed by atoms with van der Waals surface area (Å²) in [7, 11) is 0. The van der Waals surface area contributed by atoms with Crippen LogP contribution >= 0.6 is 0 Å². The van der Waals surface area contributed by atoms with Gasteiger partial charge in [0.05, 0.1) is 0 Å². The van der Waals surface area contributed by atoms with Crippen LogP contribution in [-0.4, -0.2) is 24.9 Å². The van der Waals surface area contributed by atoms with Gasteiger partial charge in [0.25, 0.3) is 5.91 Å². The van der Waals surface area contributed by atoms with Crippen molar-refractivity contribution in [3.05, 3.63) is 35.4 Å². The topological polar surface area (TPSA) is 58.2 Å². The van der Waals surface area contributed by atoms with Gasteiger partial charge in [-0.2, -0.15) is 0 Å². The highest BCUT2D eigenvalue weighted by molar-refractivity contribution is 5.97. The molecule has 6 rings (SSSR count). The molecule has 1 heterocycles. The number of carbonyl (C=O) groups excluding carboxylic acids is 2. The summed E-state index contributed by atoms with van der Waals surface area (Å²) in [5.41, 5.74) is 1.73. The van der Waals surface area contributed by atoms with Crippen molar-refractivity contribution in [2.45, 2.75) is 44.4 Å². The summed E-state index contributed by atoms with van der Waals surface area (Å²) in [5, 5.41) is 6.23. The van der Waals surface area contributed by atoms with E-state index in [4.69, 9.17) is 0 Å². The first kappa shape index (κ1) is 15.4. The molecule has 4 fully saturated rings. The van der Waals surface area contributed by atoms with Crippen LogP contribution in [0, 0.1) is 23.2 Å². The average molecular weight is 338 g/mol. The molecule has 0 aromatic heterocycles. The fourth-order valence-corrected chi connectivity index (χ4v) is 6.46. The minimum Gasteiger partial charge on any atom is -0.355 e. The lowest BCUT2D eigenvalue weighted by atomic mass is 9.49. The number of hydrogen-bond donors (Lipinski definition) is 2. The van der Waals surface area contributed by atoms with E-state index in [2.05, 4.69) is 10.6 Å². The molecule has 132 valence electrons. The Kier molecular flexibility index (Phi) is 3.44. The van der Waals surface area contributed by atoms with E-state index in [0.29, 0.717) is 13.1 Å². The van der Waals surface area contributed by atoms with E-state index in [1.54, 1.807) is 0 Å². The molecular weight excluding hydrogens is 312 g/mol. The molecule has 0 saturated heterocycles. The summed E-state index contributed by atoms with van der Waals surface area (Å²) in [4.78, 5) is 25.1. The maximum absolute atomic E-state index is 13.1. The third-order valence-corrected chi connectivity index (χ3v) is 7.18. The van der Waals surface area contributed by atoms with E-state index < -0.39 is 0 Å². The van der Waals surface area contributed by atoms with Crippen LogP contribution in [0.3, 0.4) is 0 Å². The van der Waals surface area contributed by atoms with E-state index in [1.165, 1.54) is 19.3 Å². The monoisotopic (exact) mass is 338 g/mol. The number of carbonyl (C=O) groups is 2. The molecule has 4 nitrogen and oxygen atoms in total. The Morgan fingerprint density at radius 3 is 2.40 bits per heavy atom. The van der Waals surface area contributed by atoms with E-state index in [1.807, 2.05) is 24.3 Å². The number of fused-ring (bicyclic) bond motifs is 1. The zero-order chi connectivity index (χ0) is 17.0. The summed E-state index contributed by atoms with van der Waals surface area (Å²) in [6.45, 7) is 1.23. The van der Waals surface area contributed by atoms with Crippen molar-refractivity contribution in [3.63, 3.8) is 0 Å². The first-order valence-corrected chi connectivity index (χ1v) is 9.78. The maximum Gasteiger partial charge on any atom is 0.251 e. The number of nitrogens with one attached hydrogen (secondary N) is 2.